The first-order chi connectivity index (χ1) is 11.5. The van der Waals surface area contributed by atoms with Crippen molar-refractivity contribution in [3.63, 3.8) is 0 Å². The molecular weight excluding hydrogens is 337 g/mol. The molecule has 0 saturated carbocycles. The number of halogens is 2. The van der Waals surface area contributed by atoms with Crippen LogP contribution in [-0.4, -0.2) is 16.6 Å². The van der Waals surface area contributed by atoms with Crippen molar-refractivity contribution < 1.29 is 4.39 Å². The van der Waals surface area contributed by atoms with Gasteiger partial charge in [-0.15, -0.1) is 12.4 Å². The average Bonchev–Trinajstić information content (AvgIpc) is 2.82. The average molecular weight is 362 g/mol. The van der Waals surface area contributed by atoms with Crippen molar-refractivity contribution in [1.82, 2.24) is 9.55 Å². The number of aromatic nitrogens is 2. The third-order valence-electron chi connectivity index (χ3n) is 4.67. The van der Waals surface area contributed by atoms with Crippen molar-refractivity contribution in [2.24, 2.45) is 0 Å². The maximum atomic E-state index is 13.1. The Balaban J connectivity index is 0.00000225. The second kappa shape index (κ2) is 7.87. The molecule has 2 heterocycles. The van der Waals surface area contributed by atoms with Crippen molar-refractivity contribution in [1.29, 1.82) is 0 Å². The van der Waals surface area contributed by atoms with Crippen molar-refractivity contribution in [2.45, 2.75) is 40.3 Å². The summed E-state index contributed by atoms with van der Waals surface area (Å²) >= 11 is 0. The van der Waals surface area contributed by atoms with Gasteiger partial charge >= 0.3 is 0 Å². The number of anilines is 1. The fourth-order valence-corrected chi connectivity index (χ4v) is 3.30. The molecule has 0 fully saturated rings. The largest absolute Gasteiger partial charge is 0.354 e. The minimum Gasteiger partial charge on any atom is -0.354 e. The van der Waals surface area contributed by atoms with Gasteiger partial charge in [0.05, 0.1) is 5.52 Å². The van der Waals surface area contributed by atoms with Crippen LogP contribution in [0.15, 0.2) is 36.5 Å². The number of hydrogen-bond acceptors (Lipinski definition) is 2. The smallest absolute Gasteiger partial charge is 0.153 e. The molecule has 0 N–H and O–H groups in total. The summed E-state index contributed by atoms with van der Waals surface area (Å²) in [6, 6.07) is 8.76. The van der Waals surface area contributed by atoms with E-state index in [-0.39, 0.29) is 18.2 Å². The molecule has 1 aromatic carbocycles. The molecule has 3 nitrogen and oxygen atoms in total. The minimum atomic E-state index is -0.204. The molecule has 0 spiro atoms. The van der Waals surface area contributed by atoms with Gasteiger partial charge in [-0.2, -0.15) is 0 Å². The van der Waals surface area contributed by atoms with Crippen LogP contribution < -0.4 is 4.90 Å². The lowest BCUT2D eigenvalue weighted by Crippen LogP contribution is -2.19. The molecule has 3 aromatic rings. The molecule has 0 saturated heterocycles. The number of pyridine rings is 1. The maximum Gasteiger partial charge on any atom is 0.153 e. The van der Waals surface area contributed by atoms with Crippen molar-refractivity contribution in [3.8, 4) is 0 Å². The van der Waals surface area contributed by atoms with Crippen LogP contribution in [0.4, 0.5) is 10.2 Å². The summed E-state index contributed by atoms with van der Waals surface area (Å²) in [5, 5.41) is 1.26. The fraction of sp³-hybridized carbons (Fsp3) is 0.350. The van der Waals surface area contributed by atoms with Gasteiger partial charge in [-0.25, -0.2) is 9.37 Å². The molecule has 0 aliphatic heterocycles. The first kappa shape index (κ1) is 19.3. The van der Waals surface area contributed by atoms with Crippen LogP contribution in [-0.2, 0) is 13.1 Å². The van der Waals surface area contributed by atoms with E-state index < -0.39 is 0 Å². The van der Waals surface area contributed by atoms with Gasteiger partial charge in [0.1, 0.15) is 5.82 Å². The summed E-state index contributed by atoms with van der Waals surface area (Å²) in [6.07, 6.45) is 2.96. The number of benzene rings is 1. The van der Waals surface area contributed by atoms with Crippen LogP contribution in [0.2, 0.25) is 0 Å². The Morgan fingerprint density at radius 2 is 1.80 bits per heavy atom. The Kier molecular flexibility index (Phi) is 6.07. The molecule has 134 valence electrons. The van der Waals surface area contributed by atoms with E-state index in [1.165, 1.54) is 34.3 Å². The molecular formula is C20H25ClFN3. The third kappa shape index (κ3) is 3.64. The number of aryl methyl sites for hydroxylation is 2. The molecule has 0 bridgehead atoms. The topological polar surface area (TPSA) is 21.1 Å². The Labute approximate surface area is 154 Å². The zero-order valence-electron chi connectivity index (χ0n) is 15.2. The Morgan fingerprint density at radius 1 is 1.12 bits per heavy atom. The van der Waals surface area contributed by atoms with E-state index in [1.807, 2.05) is 25.4 Å². The maximum absolute atomic E-state index is 13.1. The van der Waals surface area contributed by atoms with E-state index in [0.717, 1.165) is 24.3 Å². The summed E-state index contributed by atoms with van der Waals surface area (Å²) < 4.78 is 15.5. The van der Waals surface area contributed by atoms with Crippen LogP contribution in [0.3, 0.4) is 0 Å². The third-order valence-corrected chi connectivity index (χ3v) is 4.67. The van der Waals surface area contributed by atoms with Crippen molar-refractivity contribution in [2.75, 3.05) is 11.9 Å². The lowest BCUT2D eigenvalue weighted by atomic mass is 10.2. The number of nitrogens with zero attached hydrogens (tertiary/aromatic N) is 3. The fourth-order valence-electron chi connectivity index (χ4n) is 3.30. The monoisotopic (exact) mass is 361 g/mol. The summed E-state index contributed by atoms with van der Waals surface area (Å²) in [5.41, 5.74) is 4.88. The number of rotatable bonds is 5. The second-order valence-electron chi connectivity index (χ2n) is 6.38. The molecule has 0 aliphatic carbocycles. The summed E-state index contributed by atoms with van der Waals surface area (Å²) in [7, 11) is 2.04. The van der Waals surface area contributed by atoms with Crippen LogP contribution in [0.1, 0.15) is 30.2 Å². The molecule has 0 aliphatic rings. The molecule has 0 atom stereocenters. The molecule has 3 rings (SSSR count). The highest BCUT2D eigenvalue weighted by atomic mass is 35.5. The standard InChI is InChI=1S/C20H24FN3.ClH/c1-5-12-24-15(3)14(2)18-10-11-22-20(19(18)24)23(4)13-16-6-8-17(21)9-7-16;/h6-11H,5,12-13H2,1-4H3;1H. The number of fused-ring (bicyclic) bond motifs is 1. The molecule has 2 aromatic heterocycles. The van der Waals surface area contributed by atoms with Crippen LogP contribution in [0.5, 0.6) is 0 Å². The van der Waals surface area contributed by atoms with Crippen LogP contribution in [0, 0.1) is 19.7 Å². The van der Waals surface area contributed by atoms with E-state index >= 15 is 0 Å². The first-order valence-electron chi connectivity index (χ1n) is 8.43. The van der Waals surface area contributed by atoms with Gasteiger partial charge in [-0.1, -0.05) is 19.1 Å². The molecule has 0 unspecified atom stereocenters. The number of hydrogen-bond donors (Lipinski definition) is 0. The van der Waals surface area contributed by atoms with Crippen LogP contribution >= 0.6 is 12.4 Å². The molecule has 5 heteroatoms. The summed E-state index contributed by atoms with van der Waals surface area (Å²) in [4.78, 5) is 6.79. The normalized spacial score (nSPS) is 10.8. The predicted octanol–water partition coefficient (Wildman–Crippen LogP) is 5.26. The lowest BCUT2D eigenvalue weighted by Gasteiger charge is -2.20. The van der Waals surface area contributed by atoms with E-state index in [4.69, 9.17) is 0 Å². The van der Waals surface area contributed by atoms with Gasteiger partial charge in [0.15, 0.2) is 5.82 Å². The second-order valence-corrected chi connectivity index (χ2v) is 6.38. The van der Waals surface area contributed by atoms with E-state index in [9.17, 15) is 4.39 Å². The van der Waals surface area contributed by atoms with Gasteiger partial charge < -0.3 is 9.47 Å². The van der Waals surface area contributed by atoms with Crippen molar-refractivity contribution in [3.05, 3.63) is 59.2 Å². The molecule has 0 radical (unpaired) electrons. The highest BCUT2D eigenvalue weighted by Gasteiger charge is 2.17. The van der Waals surface area contributed by atoms with Gasteiger partial charge in [-0.05, 0) is 49.6 Å². The van der Waals surface area contributed by atoms with E-state index in [0.29, 0.717) is 6.54 Å². The summed E-state index contributed by atoms with van der Waals surface area (Å²) in [5.74, 6) is 0.770. The van der Waals surface area contributed by atoms with Crippen LogP contribution in [0.25, 0.3) is 10.9 Å². The zero-order valence-corrected chi connectivity index (χ0v) is 16.0. The van der Waals surface area contributed by atoms with Gasteiger partial charge in [-0.3, -0.25) is 0 Å². The van der Waals surface area contributed by atoms with E-state index in [1.54, 1.807) is 0 Å². The Morgan fingerprint density at radius 3 is 2.44 bits per heavy atom. The molecule has 25 heavy (non-hydrogen) atoms. The lowest BCUT2D eigenvalue weighted by molar-refractivity contribution is 0.627. The quantitative estimate of drug-likeness (QED) is 0.618. The predicted molar refractivity (Wildman–Crippen MR) is 105 cm³/mol. The van der Waals surface area contributed by atoms with Gasteiger partial charge in [0, 0.05) is 37.4 Å². The SMILES string of the molecule is CCCn1c(C)c(C)c2ccnc(N(C)Cc3ccc(F)cc3)c21.Cl. The minimum absolute atomic E-state index is 0. The highest BCUT2D eigenvalue weighted by molar-refractivity contribution is 5.93. The Hall–Kier alpha value is -2.07. The highest BCUT2D eigenvalue weighted by Crippen LogP contribution is 2.31. The van der Waals surface area contributed by atoms with Gasteiger partial charge in [0.2, 0.25) is 0 Å². The van der Waals surface area contributed by atoms with Gasteiger partial charge in [0.25, 0.3) is 0 Å². The summed E-state index contributed by atoms with van der Waals surface area (Å²) in [6.45, 7) is 8.22. The first-order valence-corrected chi connectivity index (χ1v) is 8.43. The van der Waals surface area contributed by atoms with Crippen molar-refractivity contribution >= 4 is 29.1 Å². The molecule has 0 amide bonds. The zero-order chi connectivity index (χ0) is 17.3. The van der Waals surface area contributed by atoms with E-state index in [2.05, 4.69) is 41.3 Å². The Bertz CT molecular complexity index is 855.